The molecule has 1 saturated heterocycles. The molecule has 3 aliphatic rings. The SMILES string of the molecule is N[N+]12C=C(C#CCN3CCN(c4c(F)cc(F)cc4F)CC3)N=CC1=NC(c1ccco1)=N2. The zero-order valence-corrected chi connectivity index (χ0v) is 17.4. The number of halogens is 3. The van der Waals surface area contributed by atoms with Gasteiger partial charge < -0.3 is 9.32 Å². The number of allylic oxidation sites excluding steroid dienone is 1. The van der Waals surface area contributed by atoms with Gasteiger partial charge in [0.2, 0.25) is 0 Å². The quantitative estimate of drug-likeness (QED) is 0.438. The molecule has 0 amide bonds. The molecule has 1 unspecified atom stereocenters. The van der Waals surface area contributed by atoms with Gasteiger partial charge in [-0.05, 0) is 27.9 Å². The van der Waals surface area contributed by atoms with Crippen molar-refractivity contribution in [3.63, 3.8) is 0 Å². The molecule has 1 atom stereocenters. The van der Waals surface area contributed by atoms with Crippen LogP contribution in [0.3, 0.4) is 0 Å². The van der Waals surface area contributed by atoms with Crippen molar-refractivity contribution in [1.82, 2.24) is 4.90 Å². The molecule has 0 spiro atoms. The molecule has 2 aromatic rings. The molecule has 3 aliphatic heterocycles. The lowest BCUT2D eigenvalue weighted by atomic mass is 10.2. The Balaban J connectivity index is 1.21. The summed E-state index contributed by atoms with van der Waals surface area (Å²) in [7, 11) is 0. The monoisotopic (exact) mass is 454 g/mol. The highest BCUT2D eigenvalue weighted by Gasteiger charge is 2.39. The number of hydrogen-bond acceptors (Lipinski definition) is 7. The van der Waals surface area contributed by atoms with E-state index >= 15 is 0 Å². The summed E-state index contributed by atoms with van der Waals surface area (Å²) in [6, 6.07) is 4.87. The van der Waals surface area contributed by atoms with Gasteiger partial charge in [-0.25, -0.2) is 18.2 Å². The summed E-state index contributed by atoms with van der Waals surface area (Å²) in [5.41, 5.74) is 0.258. The van der Waals surface area contributed by atoms with Crippen LogP contribution >= 0.6 is 0 Å². The molecule has 0 saturated carbocycles. The third kappa shape index (κ3) is 4.19. The Kier molecular flexibility index (Phi) is 5.33. The predicted octanol–water partition coefficient (Wildman–Crippen LogP) is 2.21. The average Bonchev–Trinajstić information content (AvgIpc) is 3.41. The third-order valence-electron chi connectivity index (χ3n) is 5.42. The van der Waals surface area contributed by atoms with Gasteiger partial charge in [-0.1, -0.05) is 5.92 Å². The van der Waals surface area contributed by atoms with E-state index in [0.717, 1.165) is 0 Å². The molecule has 1 fully saturated rings. The molecule has 1 aromatic heterocycles. The van der Waals surface area contributed by atoms with E-state index in [1.54, 1.807) is 23.2 Å². The van der Waals surface area contributed by atoms with Crippen LogP contribution in [-0.4, -0.2) is 60.2 Å². The van der Waals surface area contributed by atoms with Gasteiger partial charge in [0, 0.05) is 38.3 Å². The lowest BCUT2D eigenvalue weighted by Crippen LogP contribution is -2.50. The lowest BCUT2D eigenvalue weighted by Gasteiger charge is -2.35. The minimum atomic E-state index is -0.931. The first kappa shape index (κ1) is 21.1. The zero-order valence-electron chi connectivity index (χ0n) is 17.4. The van der Waals surface area contributed by atoms with Crippen molar-refractivity contribution in [2.24, 2.45) is 20.9 Å². The Hall–Kier alpha value is -3.72. The third-order valence-corrected chi connectivity index (χ3v) is 5.42. The Morgan fingerprint density at radius 1 is 1.12 bits per heavy atom. The van der Waals surface area contributed by atoms with Crippen LogP contribution < -0.4 is 10.7 Å². The van der Waals surface area contributed by atoms with Gasteiger partial charge in [0.05, 0.1) is 12.8 Å². The van der Waals surface area contributed by atoms with E-state index in [-0.39, 0.29) is 5.69 Å². The van der Waals surface area contributed by atoms with Crippen molar-refractivity contribution in [3.05, 3.63) is 65.6 Å². The first-order chi connectivity index (χ1) is 15.9. The van der Waals surface area contributed by atoms with E-state index in [1.165, 1.54) is 12.5 Å². The molecule has 33 heavy (non-hydrogen) atoms. The van der Waals surface area contributed by atoms with Crippen molar-refractivity contribution >= 4 is 23.6 Å². The second-order valence-corrected chi connectivity index (χ2v) is 7.66. The maximum absolute atomic E-state index is 14.0. The number of hydrogen-bond donors (Lipinski definition) is 1. The number of piperazine rings is 1. The maximum Gasteiger partial charge on any atom is 0.300 e. The Labute approximate surface area is 187 Å². The maximum atomic E-state index is 14.0. The number of fused-ring (bicyclic) bond motifs is 1. The molecule has 1 aromatic carbocycles. The van der Waals surface area contributed by atoms with Crippen molar-refractivity contribution < 1.29 is 22.3 Å². The molecular formula is C22H19F3N7O+. The van der Waals surface area contributed by atoms with E-state index in [1.807, 2.05) is 0 Å². The van der Waals surface area contributed by atoms with Crippen molar-refractivity contribution in [1.29, 1.82) is 0 Å². The molecule has 2 N–H and O–H groups in total. The molecule has 0 aliphatic carbocycles. The number of aliphatic imine (C=N–C) groups is 2. The van der Waals surface area contributed by atoms with Gasteiger partial charge in [-0.2, -0.15) is 4.99 Å². The summed E-state index contributed by atoms with van der Waals surface area (Å²) < 4.78 is 46.1. The van der Waals surface area contributed by atoms with E-state index < -0.39 is 22.2 Å². The Bertz CT molecular complexity index is 1240. The molecule has 5 rings (SSSR count). The van der Waals surface area contributed by atoms with E-state index in [4.69, 9.17) is 10.3 Å². The highest BCUT2D eigenvalue weighted by atomic mass is 19.1. The predicted molar refractivity (Wildman–Crippen MR) is 116 cm³/mol. The van der Waals surface area contributed by atoms with Crippen LogP contribution in [-0.2, 0) is 0 Å². The minimum absolute atomic E-state index is 0.196. The number of amidine groups is 2. The van der Waals surface area contributed by atoms with Crippen molar-refractivity contribution in [3.8, 4) is 11.8 Å². The smallest absolute Gasteiger partial charge is 0.300 e. The summed E-state index contributed by atoms with van der Waals surface area (Å²) >= 11 is 0. The van der Waals surface area contributed by atoms with E-state index in [9.17, 15) is 13.2 Å². The summed E-state index contributed by atoms with van der Waals surface area (Å²) in [5, 5.41) is 4.39. The molecule has 0 bridgehead atoms. The number of quaternary nitrogens is 1. The number of furan rings is 1. The van der Waals surface area contributed by atoms with Gasteiger partial charge in [0.1, 0.15) is 17.7 Å². The first-order valence-electron chi connectivity index (χ1n) is 10.2. The summed E-state index contributed by atoms with van der Waals surface area (Å²) in [6.07, 6.45) is 4.65. The van der Waals surface area contributed by atoms with Gasteiger partial charge >= 0.3 is 0 Å². The van der Waals surface area contributed by atoms with Crippen molar-refractivity contribution in [2.75, 3.05) is 37.6 Å². The molecule has 11 heteroatoms. The van der Waals surface area contributed by atoms with Crippen LogP contribution in [0.25, 0.3) is 0 Å². The van der Waals surface area contributed by atoms with Gasteiger partial charge in [-0.3, -0.25) is 4.90 Å². The van der Waals surface area contributed by atoms with Crippen LogP contribution in [0.5, 0.6) is 0 Å². The number of anilines is 1. The Morgan fingerprint density at radius 2 is 1.88 bits per heavy atom. The summed E-state index contributed by atoms with van der Waals surface area (Å²) in [5.74, 6) is 10.9. The van der Waals surface area contributed by atoms with Crippen LogP contribution in [0.1, 0.15) is 5.76 Å². The van der Waals surface area contributed by atoms with Gasteiger partial charge in [-0.15, -0.1) is 5.84 Å². The standard InChI is InChI=1S/C22H19F3N7O/c23-15-11-17(24)21(18(25)12-15)31-8-6-30(7-9-31)5-1-3-16-14-32(26)20(13-27-16)28-22(29-32)19-4-2-10-33-19/h2,4,10-14H,5-9,26H2/q+1. The number of nitrogens with two attached hydrogens (primary N) is 1. The number of benzene rings is 1. The highest BCUT2D eigenvalue weighted by Crippen LogP contribution is 2.26. The summed E-state index contributed by atoms with van der Waals surface area (Å²) in [4.78, 5) is 12.3. The fourth-order valence-corrected chi connectivity index (χ4v) is 3.77. The van der Waals surface area contributed by atoms with Gasteiger partial charge in [0.15, 0.2) is 29.3 Å². The van der Waals surface area contributed by atoms with E-state index in [0.29, 0.717) is 68.0 Å². The largest absolute Gasteiger partial charge is 0.461 e. The van der Waals surface area contributed by atoms with Gasteiger partial charge in [0.25, 0.3) is 11.7 Å². The fraction of sp³-hybridized carbons (Fsp3) is 0.227. The molecular weight excluding hydrogens is 435 g/mol. The van der Waals surface area contributed by atoms with Crippen LogP contribution in [0.2, 0.25) is 0 Å². The number of rotatable bonds is 3. The first-order valence-corrected chi connectivity index (χ1v) is 10.2. The topological polar surface area (TPSA) is 82.7 Å². The molecule has 168 valence electrons. The Morgan fingerprint density at radius 3 is 2.58 bits per heavy atom. The van der Waals surface area contributed by atoms with Crippen LogP contribution in [0, 0.1) is 29.3 Å². The lowest BCUT2D eigenvalue weighted by molar-refractivity contribution is -0.803. The average molecular weight is 454 g/mol. The molecule has 4 heterocycles. The minimum Gasteiger partial charge on any atom is -0.461 e. The zero-order chi connectivity index (χ0) is 23.0. The highest BCUT2D eigenvalue weighted by molar-refractivity contribution is 6.31. The van der Waals surface area contributed by atoms with Crippen LogP contribution in [0.15, 0.2) is 61.9 Å². The van der Waals surface area contributed by atoms with Crippen LogP contribution in [0.4, 0.5) is 18.9 Å². The second kappa shape index (κ2) is 8.32. The fourth-order valence-electron chi connectivity index (χ4n) is 3.77. The molecule has 8 nitrogen and oxygen atoms in total. The molecule has 0 radical (unpaired) electrons. The normalized spacial score (nSPS) is 22.3. The van der Waals surface area contributed by atoms with Crippen molar-refractivity contribution in [2.45, 2.75) is 0 Å². The second-order valence-electron chi connectivity index (χ2n) is 7.66. The van der Waals surface area contributed by atoms with E-state index in [2.05, 4.69) is 31.8 Å². The number of nitrogens with zero attached hydrogens (tertiary/aromatic N) is 6. The summed E-state index contributed by atoms with van der Waals surface area (Å²) in [6.45, 7) is 2.35.